The minimum atomic E-state index is 0.267. The first-order chi connectivity index (χ1) is 6.63. The van der Waals surface area contributed by atoms with Crippen LogP contribution in [0, 0.1) is 0 Å². The SMILES string of the molecule is CC[C@H](C)n1ccc(COC(C)C)n1. The maximum absolute atomic E-state index is 5.48. The Morgan fingerprint density at radius 1 is 1.43 bits per heavy atom. The van der Waals surface area contributed by atoms with Crippen molar-refractivity contribution in [2.45, 2.75) is 52.9 Å². The Morgan fingerprint density at radius 2 is 2.14 bits per heavy atom. The van der Waals surface area contributed by atoms with Crippen molar-refractivity contribution in [3.8, 4) is 0 Å². The van der Waals surface area contributed by atoms with E-state index >= 15 is 0 Å². The molecule has 0 saturated carbocycles. The van der Waals surface area contributed by atoms with Crippen molar-refractivity contribution >= 4 is 0 Å². The van der Waals surface area contributed by atoms with Gasteiger partial charge in [-0.3, -0.25) is 4.68 Å². The van der Waals surface area contributed by atoms with Gasteiger partial charge in [-0.1, -0.05) is 6.92 Å². The van der Waals surface area contributed by atoms with Crippen LogP contribution in [0.4, 0.5) is 0 Å². The van der Waals surface area contributed by atoms with Crippen LogP contribution in [-0.4, -0.2) is 15.9 Å². The van der Waals surface area contributed by atoms with E-state index < -0.39 is 0 Å². The fraction of sp³-hybridized carbons (Fsp3) is 0.727. The Labute approximate surface area is 86.1 Å². The zero-order valence-corrected chi connectivity index (χ0v) is 9.53. The Bertz CT molecular complexity index is 268. The fourth-order valence-electron chi connectivity index (χ4n) is 1.14. The molecule has 0 radical (unpaired) electrons. The Balaban J connectivity index is 2.50. The van der Waals surface area contributed by atoms with Crippen LogP contribution >= 0.6 is 0 Å². The highest BCUT2D eigenvalue weighted by Crippen LogP contribution is 2.09. The third kappa shape index (κ3) is 3.14. The summed E-state index contributed by atoms with van der Waals surface area (Å²) in [5.74, 6) is 0. The first-order valence-electron chi connectivity index (χ1n) is 5.29. The summed E-state index contributed by atoms with van der Waals surface area (Å²) in [7, 11) is 0. The molecule has 1 aromatic rings. The number of rotatable bonds is 5. The molecule has 3 heteroatoms. The van der Waals surface area contributed by atoms with Gasteiger partial charge in [-0.05, 0) is 33.3 Å². The molecule has 0 fully saturated rings. The van der Waals surface area contributed by atoms with Crippen LogP contribution in [-0.2, 0) is 11.3 Å². The standard InChI is InChI=1S/C11H20N2O/c1-5-10(4)13-7-6-11(12-13)8-14-9(2)3/h6-7,9-10H,5,8H2,1-4H3/t10-/m0/s1. The van der Waals surface area contributed by atoms with Crippen LogP contribution in [0.3, 0.4) is 0 Å². The van der Waals surface area contributed by atoms with Crippen LogP contribution in [0.2, 0.25) is 0 Å². The van der Waals surface area contributed by atoms with Gasteiger partial charge in [0.25, 0.3) is 0 Å². The van der Waals surface area contributed by atoms with Gasteiger partial charge >= 0.3 is 0 Å². The van der Waals surface area contributed by atoms with Crippen LogP contribution < -0.4 is 0 Å². The van der Waals surface area contributed by atoms with Gasteiger partial charge < -0.3 is 4.74 Å². The molecule has 1 aromatic heterocycles. The maximum Gasteiger partial charge on any atom is 0.0909 e. The molecule has 14 heavy (non-hydrogen) atoms. The molecule has 0 bridgehead atoms. The topological polar surface area (TPSA) is 27.1 Å². The lowest BCUT2D eigenvalue weighted by Gasteiger charge is -2.08. The summed E-state index contributed by atoms with van der Waals surface area (Å²) in [5.41, 5.74) is 1.01. The van der Waals surface area contributed by atoms with Gasteiger partial charge in [0.15, 0.2) is 0 Å². The highest BCUT2D eigenvalue weighted by atomic mass is 16.5. The summed E-state index contributed by atoms with van der Waals surface area (Å²) in [6.45, 7) is 9.01. The summed E-state index contributed by atoms with van der Waals surface area (Å²) in [5, 5.41) is 4.44. The van der Waals surface area contributed by atoms with E-state index in [1.165, 1.54) is 0 Å². The van der Waals surface area contributed by atoms with E-state index in [2.05, 4.69) is 18.9 Å². The minimum absolute atomic E-state index is 0.267. The van der Waals surface area contributed by atoms with E-state index in [4.69, 9.17) is 4.74 Å². The van der Waals surface area contributed by atoms with E-state index in [1.54, 1.807) is 0 Å². The van der Waals surface area contributed by atoms with Gasteiger partial charge in [-0.15, -0.1) is 0 Å². The summed E-state index contributed by atoms with van der Waals surface area (Å²) < 4.78 is 7.48. The van der Waals surface area contributed by atoms with Gasteiger partial charge in [-0.25, -0.2) is 0 Å². The molecule has 80 valence electrons. The smallest absolute Gasteiger partial charge is 0.0909 e. The molecule has 1 atom stereocenters. The van der Waals surface area contributed by atoms with Crippen LogP contribution in [0.1, 0.15) is 45.9 Å². The van der Waals surface area contributed by atoms with Crippen LogP contribution in [0.5, 0.6) is 0 Å². The molecular weight excluding hydrogens is 176 g/mol. The quantitative estimate of drug-likeness (QED) is 0.724. The Kier molecular flexibility index (Phi) is 4.14. The largest absolute Gasteiger partial charge is 0.372 e. The van der Waals surface area contributed by atoms with E-state index in [-0.39, 0.29) is 6.10 Å². The minimum Gasteiger partial charge on any atom is -0.372 e. The average Bonchev–Trinajstić information content (AvgIpc) is 2.62. The van der Waals surface area contributed by atoms with Crippen LogP contribution in [0.25, 0.3) is 0 Å². The van der Waals surface area contributed by atoms with E-state index in [1.807, 2.05) is 30.8 Å². The maximum atomic E-state index is 5.48. The highest BCUT2D eigenvalue weighted by molar-refractivity contribution is 4.97. The lowest BCUT2D eigenvalue weighted by molar-refractivity contribution is 0.0631. The number of aromatic nitrogens is 2. The van der Waals surface area contributed by atoms with Crippen molar-refractivity contribution in [1.82, 2.24) is 9.78 Å². The summed E-state index contributed by atoms with van der Waals surface area (Å²) in [4.78, 5) is 0. The molecule has 0 saturated heterocycles. The van der Waals surface area contributed by atoms with Crippen molar-refractivity contribution in [3.63, 3.8) is 0 Å². The predicted molar refractivity (Wildman–Crippen MR) is 57.2 cm³/mol. The normalized spacial score (nSPS) is 13.5. The van der Waals surface area contributed by atoms with Gasteiger partial charge in [0.1, 0.15) is 0 Å². The zero-order valence-electron chi connectivity index (χ0n) is 9.53. The molecule has 0 spiro atoms. The molecule has 0 unspecified atom stereocenters. The zero-order chi connectivity index (χ0) is 10.6. The lowest BCUT2D eigenvalue weighted by atomic mass is 10.3. The van der Waals surface area contributed by atoms with Crippen molar-refractivity contribution in [1.29, 1.82) is 0 Å². The molecule has 0 aliphatic heterocycles. The summed E-state index contributed by atoms with van der Waals surface area (Å²) in [6, 6.07) is 2.50. The molecule has 0 amide bonds. The Morgan fingerprint density at radius 3 is 2.71 bits per heavy atom. The number of hydrogen-bond acceptors (Lipinski definition) is 2. The van der Waals surface area contributed by atoms with E-state index in [0.717, 1.165) is 12.1 Å². The second-order valence-corrected chi connectivity index (χ2v) is 3.90. The average molecular weight is 196 g/mol. The van der Waals surface area contributed by atoms with Crippen LogP contribution in [0.15, 0.2) is 12.3 Å². The van der Waals surface area contributed by atoms with Gasteiger partial charge in [-0.2, -0.15) is 5.10 Å². The second-order valence-electron chi connectivity index (χ2n) is 3.90. The molecule has 0 aliphatic rings. The monoisotopic (exact) mass is 196 g/mol. The number of nitrogens with zero attached hydrogens (tertiary/aromatic N) is 2. The highest BCUT2D eigenvalue weighted by Gasteiger charge is 2.04. The van der Waals surface area contributed by atoms with Crippen molar-refractivity contribution in [3.05, 3.63) is 18.0 Å². The van der Waals surface area contributed by atoms with Crippen molar-refractivity contribution in [2.75, 3.05) is 0 Å². The molecule has 1 heterocycles. The number of hydrogen-bond donors (Lipinski definition) is 0. The van der Waals surface area contributed by atoms with Crippen molar-refractivity contribution in [2.24, 2.45) is 0 Å². The van der Waals surface area contributed by atoms with Gasteiger partial charge in [0.05, 0.1) is 18.4 Å². The molecular formula is C11H20N2O. The van der Waals surface area contributed by atoms with Gasteiger partial charge in [0, 0.05) is 12.2 Å². The van der Waals surface area contributed by atoms with Crippen molar-refractivity contribution < 1.29 is 4.74 Å². The first-order valence-corrected chi connectivity index (χ1v) is 5.29. The fourth-order valence-corrected chi connectivity index (χ4v) is 1.14. The lowest BCUT2D eigenvalue weighted by Crippen LogP contribution is -2.06. The summed E-state index contributed by atoms with van der Waals surface area (Å²) >= 11 is 0. The van der Waals surface area contributed by atoms with E-state index in [9.17, 15) is 0 Å². The predicted octanol–water partition coefficient (Wildman–Crippen LogP) is 2.78. The molecule has 1 rings (SSSR count). The molecule has 0 aromatic carbocycles. The molecule has 3 nitrogen and oxygen atoms in total. The third-order valence-corrected chi connectivity index (χ3v) is 2.27. The second kappa shape index (κ2) is 5.15. The Hall–Kier alpha value is -0.830. The molecule has 0 N–H and O–H groups in total. The summed E-state index contributed by atoms with van der Waals surface area (Å²) in [6.07, 6.45) is 3.39. The van der Waals surface area contributed by atoms with Gasteiger partial charge in [0.2, 0.25) is 0 Å². The number of ether oxygens (including phenoxy) is 1. The third-order valence-electron chi connectivity index (χ3n) is 2.27. The van der Waals surface area contributed by atoms with E-state index in [0.29, 0.717) is 12.6 Å². The molecule has 0 aliphatic carbocycles. The first kappa shape index (κ1) is 11.2.